The molecule has 0 bridgehead atoms. The van der Waals surface area contributed by atoms with Gasteiger partial charge in [-0.2, -0.15) is 0 Å². The molecular weight excluding hydrogens is 188 g/mol. The molecule has 78 valence electrons. The van der Waals surface area contributed by atoms with Crippen molar-refractivity contribution in [2.24, 2.45) is 5.73 Å². The Labute approximate surface area is 88.1 Å². The van der Waals surface area contributed by atoms with Gasteiger partial charge in [0.15, 0.2) is 0 Å². The van der Waals surface area contributed by atoms with Crippen molar-refractivity contribution < 1.29 is 0 Å². The molecule has 0 atom stereocenters. The smallest absolute Gasteiger partial charge is 0.255 e. The number of nitrogens with two attached hydrogens (primary N) is 1. The van der Waals surface area contributed by atoms with Crippen LogP contribution in [-0.4, -0.2) is 4.57 Å². The number of aryl methyl sites for hydroxylation is 1. The van der Waals surface area contributed by atoms with E-state index in [0.29, 0.717) is 18.7 Å². The lowest BCUT2D eigenvalue weighted by molar-refractivity contribution is 0.746. The summed E-state index contributed by atoms with van der Waals surface area (Å²) in [7, 11) is 0. The van der Waals surface area contributed by atoms with Gasteiger partial charge in [-0.15, -0.1) is 0 Å². The number of pyridine rings is 1. The Morgan fingerprint density at radius 2 is 2.07 bits per heavy atom. The average molecular weight is 202 g/mol. The lowest BCUT2D eigenvalue weighted by atomic mass is 10.1. The van der Waals surface area contributed by atoms with Crippen LogP contribution in [0.25, 0.3) is 10.9 Å². The first-order valence-electron chi connectivity index (χ1n) is 5.09. The van der Waals surface area contributed by atoms with Crippen molar-refractivity contribution in [3.8, 4) is 0 Å². The number of fused-ring (bicyclic) bond motifs is 1. The summed E-state index contributed by atoms with van der Waals surface area (Å²) in [4.78, 5) is 11.9. The molecule has 3 nitrogen and oxygen atoms in total. The standard InChI is InChI=1S/C12H14N2O/c1-2-14-11-6-4-3-5-9(11)7-10(8-13)12(14)15/h3-7H,2,8,13H2,1H3. The molecule has 0 fully saturated rings. The highest BCUT2D eigenvalue weighted by molar-refractivity contribution is 5.79. The summed E-state index contributed by atoms with van der Waals surface area (Å²) in [5.41, 5.74) is 7.23. The van der Waals surface area contributed by atoms with Gasteiger partial charge in [0, 0.05) is 18.7 Å². The summed E-state index contributed by atoms with van der Waals surface area (Å²) in [6.45, 7) is 2.94. The van der Waals surface area contributed by atoms with Crippen molar-refractivity contribution in [2.45, 2.75) is 20.0 Å². The highest BCUT2D eigenvalue weighted by atomic mass is 16.1. The van der Waals surface area contributed by atoms with E-state index < -0.39 is 0 Å². The fourth-order valence-corrected chi connectivity index (χ4v) is 1.85. The van der Waals surface area contributed by atoms with Crippen LogP contribution in [-0.2, 0) is 13.1 Å². The second kappa shape index (κ2) is 3.87. The SMILES string of the molecule is CCn1c(=O)c(CN)cc2ccccc21. The molecule has 0 saturated heterocycles. The molecule has 0 aliphatic rings. The van der Waals surface area contributed by atoms with Crippen molar-refractivity contribution in [1.29, 1.82) is 0 Å². The van der Waals surface area contributed by atoms with Gasteiger partial charge in [0.2, 0.25) is 0 Å². The van der Waals surface area contributed by atoms with E-state index in [9.17, 15) is 4.79 Å². The van der Waals surface area contributed by atoms with Gasteiger partial charge in [0.25, 0.3) is 5.56 Å². The van der Waals surface area contributed by atoms with Gasteiger partial charge in [-0.3, -0.25) is 4.79 Å². The summed E-state index contributed by atoms with van der Waals surface area (Å²) < 4.78 is 1.76. The summed E-state index contributed by atoms with van der Waals surface area (Å²) in [5.74, 6) is 0. The molecule has 2 N–H and O–H groups in total. The van der Waals surface area contributed by atoms with Crippen LogP contribution >= 0.6 is 0 Å². The Hall–Kier alpha value is -1.61. The predicted molar refractivity (Wildman–Crippen MR) is 61.8 cm³/mol. The van der Waals surface area contributed by atoms with Crippen LogP contribution in [0.2, 0.25) is 0 Å². The van der Waals surface area contributed by atoms with Crippen LogP contribution in [0.15, 0.2) is 35.1 Å². The number of rotatable bonds is 2. The molecule has 1 aromatic carbocycles. The number of benzene rings is 1. The number of aromatic nitrogens is 1. The first-order valence-corrected chi connectivity index (χ1v) is 5.09. The van der Waals surface area contributed by atoms with Crippen LogP contribution in [0.1, 0.15) is 12.5 Å². The second-order valence-electron chi connectivity index (χ2n) is 3.48. The van der Waals surface area contributed by atoms with Crippen LogP contribution in [0.5, 0.6) is 0 Å². The molecule has 15 heavy (non-hydrogen) atoms. The molecule has 0 aliphatic heterocycles. The Balaban J connectivity index is 2.90. The van der Waals surface area contributed by atoms with Crippen LogP contribution < -0.4 is 11.3 Å². The fraction of sp³-hybridized carbons (Fsp3) is 0.250. The molecule has 3 heteroatoms. The van der Waals surface area contributed by atoms with Crippen molar-refractivity contribution in [3.05, 3.63) is 46.2 Å². The van der Waals surface area contributed by atoms with E-state index in [-0.39, 0.29) is 5.56 Å². The van der Waals surface area contributed by atoms with E-state index in [2.05, 4.69) is 0 Å². The zero-order valence-electron chi connectivity index (χ0n) is 8.73. The summed E-state index contributed by atoms with van der Waals surface area (Å²) in [6.07, 6.45) is 0. The Morgan fingerprint density at radius 1 is 1.33 bits per heavy atom. The molecule has 0 spiro atoms. The van der Waals surface area contributed by atoms with Gasteiger partial charge in [0.1, 0.15) is 0 Å². The van der Waals surface area contributed by atoms with Gasteiger partial charge in [-0.25, -0.2) is 0 Å². The largest absolute Gasteiger partial charge is 0.326 e. The molecule has 0 amide bonds. The van der Waals surface area contributed by atoms with Crippen molar-refractivity contribution in [2.75, 3.05) is 0 Å². The monoisotopic (exact) mass is 202 g/mol. The predicted octanol–water partition coefficient (Wildman–Crippen LogP) is 1.48. The minimum Gasteiger partial charge on any atom is -0.326 e. The molecular formula is C12H14N2O. The third-order valence-electron chi connectivity index (χ3n) is 2.61. The Morgan fingerprint density at radius 3 is 2.73 bits per heavy atom. The van der Waals surface area contributed by atoms with E-state index in [1.54, 1.807) is 4.57 Å². The maximum atomic E-state index is 11.9. The highest BCUT2D eigenvalue weighted by Gasteiger charge is 2.05. The topological polar surface area (TPSA) is 48.0 Å². The molecule has 0 saturated carbocycles. The van der Waals surface area contributed by atoms with Gasteiger partial charge in [-0.1, -0.05) is 18.2 Å². The van der Waals surface area contributed by atoms with E-state index in [4.69, 9.17) is 5.73 Å². The maximum absolute atomic E-state index is 11.9. The Bertz CT molecular complexity index is 543. The first kappa shape index (κ1) is 9.93. The van der Waals surface area contributed by atoms with Gasteiger partial charge in [0.05, 0.1) is 5.52 Å². The quantitative estimate of drug-likeness (QED) is 0.801. The molecule has 2 rings (SSSR count). The van der Waals surface area contributed by atoms with Gasteiger partial charge in [-0.05, 0) is 24.4 Å². The number of para-hydroxylation sites is 1. The summed E-state index contributed by atoms with van der Waals surface area (Å²) >= 11 is 0. The van der Waals surface area contributed by atoms with Crippen molar-refractivity contribution in [3.63, 3.8) is 0 Å². The minimum atomic E-state index is 0.0266. The zero-order valence-corrected chi connectivity index (χ0v) is 8.73. The van der Waals surface area contributed by atoms with Gasteiger partial charge < -0.3 is 10.3 Å². The maximum Gasteiger partial charge on any atom is 0.255 e. The van der Waals surface area contributed by atoms with E-state index in [1.165, 1.54) is 0 Å². The summed E-state index contributed by atoms with van der Waals surface area (Å²) in [5, 5.41) is 1.07. The number of nitrogens with zero attached hydrogens (tertiary/aromatic N) is 1. The molecule has 0 unspecified atom stereocenters. The van der Waals surface area contributed by atoms with Crippen LogP contribution in [0.3, 0.4) is 0 Å². The molecule has 0 aliphatic carbocycles. The zero-order chi connectivity index (χ0) is 10.8. The van der Waals surface area contributed by atoms with E-state index in [1.807, 2.05) is 37.3 Å². The first-order chi connectivity index (χ1) is 7.27. The lowest BCUT2D eigenvalue weighted by Gasteiger charge is -2.09. The second-order valence-corrected chi connectivity index (χ2v) is 3.48. The third-order valence-corrected chi connectivity index (χ3v) is 2.61. The normalized spacial score (nSPS) is 10.8. The third kappa shape index (κ3) is 1.55. The van der Waals surface area contributed by atoms with Crippen molar-refractivity contribution >= 4 is 10.9 Å². The van der Waals surface area contributed by atoms with Gasteiger partial charge >= 0.3 is 0 Å². The van der Waals surface area contributed by atoms with Crippen LogP contribution in [0, 0.1) is 0 Å². The Kier molecular flexibility index (Phi) is 2.56. The molecule has 1 aromatic heterocycles. The molecule has 1 heterocycles. The number of hydrogen-bond donors (Lipinski definition) is 1. The highest BCUT2D eigenvalue weighted by Crippen LogP contribution is 2.12. The lowest BCUT2D eigenvalue weighted by Crippen LogP contribution is -2.24. The number of hydrogen-bond acceptors (Lipinski definition) is 2. The van der Waals surface area contributed by atoms with Crippen LogP contribution in [0.4, 0.5) is 0 Å². The average Bonchev–Trinajstić information content (AvgIpc) is 2.28. The molecule has 2 aromatic rings. The molecule has 0 radical (unpaired) electrons. The fourth-order valence-electron chi connectivity index (χ4n) is 1.85. The van der Waals surface area contributed by atoms with Crippen molar-refractivity contribution in [1.82, 2.24) is 4.57 Å². The minimum absolute atomic E-state index is 0.0266. The summed E-state index contributed by atoms with van der Waals surface area (Å²) in [6, 6.07) is 9.74. The van der Waals surface area contributed by atoms with E-state index >= 15 is 0 Å². The van der Waals surface area contributed by atoms with E-state index in [0.717, 1.165) is 10.9 Å².